The Hall–Kier alpha value is -1.59. The molecule has 0 heterocycles. The highest BCUT2D eigenvalue weighted by molar-refractivity contribution is 5.74. The van der Waals surface area contributed by atoms with Crippen LogP contribution in [0.3, 0.4) is 0 Å². The van der Waals surface area contributed by atoms with E-state index in [2.05, 4.69) is 5.32 Å². The van der Waals surface area contributed by atoms with Crippen LogP contribution in [0.2, 0.25) is 0 Å². The van der Waals surface area contributed by atoms with Crippen molar-refractivity contribution in [1.29, 1.82) is 0 Å². The van der Waals surface area contributed by atoms with E-state index in [0.29, 0.717) is 19.8 Å². The van der Waals surface area contributed by atoms with Crippen LogP contribution in [0.4, 0.5) is 4.79 Å². The van der Waals surface area contributed by atoms with Gasteiger partial charge in [0.2, 0.25) is 0 Å². The van der Waals surface area contributed by atoms with Crippen LogP contribution < -0.4 is 5.32 Å². The molecule has 0 unspecified atom stereocenters. The molecular formula is C15H24N2O3. The van der Waals surface area contributed by atoms with E-state index in [1.165, 1.54) is 0 Å². The molecule has 0 fully saturated rings. The van der Waals surface area contributed by atoms with Crippen LogP contribution in [-0.4, -0.2) is 44.0 Å². The third kappa shape index (κ3) is 6.04. The fraction of sp³-hybridized carbons (Fsp3) is 0.533. The van der Waals surface area contributed by atoms with Gasteiger partial charge in [-0.15, -0.1) is 0 Å². The molecule has 20 heavy (non-hydrogen) atoms. The first-order chi connectivity index (χ1) is 9.65. The first-order valence-corrected chi connectivity index (χ1v) is 6.80. The van der Waals surface area contributed by atoms with Crippen molar-refractivity contribution in [2.75, 3.05) is 27.1 Å². The average molecular weight is 280 g/mol. The number of rotatable bonds is 8. The second-order valence-electron chi connectivity index (χ2n) is 4.73. The molecule has 0 saturated heterocycles. The normalized spacial score (nSPS) is 10.6. The van der Waals surface area contributed by atoms with E-state index in [1.807, 2.05) is 44.2 Å². The minimum absolute atomic E-state index is 0.120. The maximum atomic E-state index is 12.1. The predicted molar refractivity (Wildman–Crippen MR) is 78.3 cm³/mol. The summed E-state index contributed by atoms with van der Waals surface area (Å²) in [5, 5.41) is 2.75. The highest BCUT2D eigenvalue weighted by Gasteiger charge is 2.16. The van der Waals surface area contributed by atoms with Gasteiger partial charge in [0, 0.05) is 19.7 Å². The Morgan fingerprint density at radius 3 is 2.55 bits per heavy atom. The number of hydrogen-bond acceptors (Lipinski definition) is 3. The highest BCUT2D eigenvalue weighted by Crippen LogP contribution is 2.08. The Kier molecular flexibility index (Phi) is 7.69. The number of hydrogen-bond donors (Lipinski definition) is 1. The minimum atomic E-state index is -0.124. The number of carbonyl (C=O) groups is 1. The first-order valence-electron chi connectivity index (χ1n) is 6.80. The minimum Gasteiger partial charge on any atom is -0.382 e. The predicted octanol–water partition coefficient (Wildman–Crippen LogP) is 2.23. The molecule has 0 aromatic heterocycles. The van der Waals surface area contributed by atoms with Crippen molar-refractivity contribution in [3.8, 4) is 0 Å². The van der Waals surface area contributed by atoms with Gasteiger partial charge in [-0.25, -0.2) is 4.79 Å². The summed E-state index contributed by atoms with van der Waals surface area (Å²) in [5.74, 6) is 0. The first kappa shape index (κ1) is 16.5. The molecule has 0 radical (unpaired) electrons. The van der Waals surface area contributed by atoms with Crippen molar-refractivity contribution in [2.45, 2.75) is 26.4 Å². The van der Waals surface area contributed by atoms with E-state index in [0.717, 1.165) is 5.56 Å². The van der Waals surface area contributed by atoms with E-state index in [9.17, 15) is 4.79 Å². The molecule has 112 valence electrons. The SMILES string of the molecule is COCCOCNC(=O)N(Cc1ccccc1)C(C)C. The van der Waals surface area contributed by atoms with Crippen molar-refractivity contribution in [3.63, 3.8) is 0 Å². The van der Waals surface area contributed by atoms with Gasteiger partial charge in [-0.05, 0) is 19.4 Å². The number of nitrogens with one attached hydrogen (secondary N) is 1. The quantitative estimate of drug-likeness (QED) is 0.587. The Morgan fingerprint density at radius 1 is 1.25 bits per heavy atom. The zero-order chi connectivity index (χ0) is 14.8. The summed E-state index contributed by atoms with van der Waals surface area (Å²) >= 11 is 0. The number of methoxy groups -OCH3 is 1. The zero-order valence-corrected chi connectivity index (χ0v) is 12.5. The van der Waals surface area contributed by atoms with Crippen molar-refractivity contribution < 1.29 is 14.3 Å². The summed E-state index contributed by atoms with van der Waals surface area (Å²) in [7, 11) is 1.61. The molecule has 0 spiro atoms. The van der Waals surface area contributed by atoms with Crippen LogP contribution in [-0.2, 0) is 16.0 Å². The largest absolute Gasteiger partial charge is 0.382 e. The molecule has 0 bridgehead atoms. The lowest BCUT2D eigenvalue weighted by Crippen LogP contribution is -2.44. The lowest BCUT2D eigenvalue weighted by atomic mass is 10.2. The lowest BCUT2D eigenvalue weighted by molar-refractivity contribution is 0.0606. The second kappa shape index (κ2) is 9.34. The number of carbonyl (C=O) groups excluding carboxylic acids is 1. The van der Waals surface area contributed by atoms with E-state index < -0.39 is 0 Å². The standard InChI is InChI=1S/C15H24N2O3/c1-13(2)17(11-14-7-5-4-6-8-14)15(18)16-12-20-10-9-19-3/h4-8,13H,9-12H2,1-3H3,(H,16,18). The Bertz CT molecular complexity index is 382. The van der Waals surface area contributed by atoms with Gasteiger partial charge < -0.3 is 19.7 Å². The molecular weight excluding hydrogens is 256 g/mol. The van der Waals surface area contributed by atoms with Crippen LogP contribution in [0.25, 0.3) is 0 Å². The molecule has 0 aliphatic heterocycles. The molecule has 0 saturated carbocycles. The van der Waals surface area contributed by atoms with Crippen molar-refractivity contribution in [2.24, 2.45) is 0 Å². The Labute approximate surface area is 120 Å². The van der Waals surface area contributed by atoms with Crippen molar-refractivity contribution >= 4 is 6.03 Å². The van der Waals surface area contributed by atoms with E-state index in [-0.39, 0.29) is 18.8 Å². The summed E-state index contributed by atoms with van der Waals surface area (Å²) in [6, 6.07) is 9.93. The molecule has 0 aliphatic rings. The van der Waals surface area contributed by atoms with E-state index >= 15 is 0 Å². The smallest absolute Gasteiger partial charge is 0.319 e. The van der Waals surface area contributed by atoms with Gasteiger partial charge in [0.1, 0.15) is 6.73 Å². The van der Waals surface area contributed by atoms with E-state index in [4.69, 9.17) is 9.47 Å². The van der Waals surface area contributed by atoms with Crippen molar-refractivity contribution in [1.82, 2.24) is 10.2 Å². The number of nitrogens with zero attached hydrogens (tertiary/aromatic N) is 1. The number of amides is 2. The van der Waals surface area contributed by atoms with Crippen LogP contribution in [0.1, 0.15) is 19.4 Å². The van der Waals surface area contributed by atoms with Crippen LogP contribution >= 0.6 is 0 Å². The second-order valence-corrected chi connectivity index (χ2v) is 4.73. The third-order valence-corrected chi connectivity index (χ3v) is 2.84. The van der Waals surface area contributed by atoms with Gasteiger partial charge in [-0.3, -0.25) is 0 Å². The fourth-order valence-corrected chi connectivity index (χ4v) is 1.70. The number of ether oxygens (including phenoxy) is 2. The number of urea groups is 1. The molecule has 1 rings (SSSR count). The van der Waals surface area contributed by atoms with Crippen LogP contribution in [0.5, 0.6) is 0 Å². The summed E-state index contributed by atoms with van der Waals surface area (Å²) < 4.78 is 10.1. The van der Waals surface area contributed by atoms with Gasteiger partial charge in [0.15, 0.2) is 0 Å². The summed E-state index contributed by atoms with van der Waals surface area (Å²) in [6.45, 7) is 5.76. The van der Waals surface area contributed by atoms with E-state index in [1.54, 1.807) is 12.0 Å². The zero-order valence-electron chi connectivity index (χ0n) is 12.5. The molecule has 5 heteroatoms. The summed E-state index contributed by atoms with van der Waals surface area (Å²) in [6.07, 6.45) is 0. The Balaban J connectivity index is 2.43. The topological polar surface area (TPSA) is 50.8 Å². The van der Waals surface area contributed by atoms with Crippen LogP contribution in [0.15, 0.2) is 30.3 Å². The summed E-state index contributed by atoms with van der Waals surface area (Å²) in [5.41, 5.74) is 1.11. The number of benzene rings is 1. The molecule has 5 nitrogen and oxygen atoms in total. The van der Waals surface area contributed by atoms with Gasteiger partial charge in [-0.1, -0.05) is 30.3 Å². The highest BCUT2D eigenvalue weighted by atomic mass is 16.5. The van der Waals surface area contributed by atoms with Gasteiger partial charge in [0.25, 0.3) is 0 Å². The average Bonchev–Trinajstić information content (AvgIpc) is 2.45. The Morgan fingerprint density at radius 2 is 1.95 bits per heavy atom. The lowest BCUT2D eigenvalue weighted by Gasteiger charge is -2.27. The molecule has 1 aromatic rings. The molecule has 0 atom stereocenters. The van der Waals surface area contributed by atoms with Gasteiger partial charge in [-0.2, -0.15) is 0 Å². The molecule has 1 N–H and O–H groups in total. The van der Waals surface area contributed by atoms with Crippen LogP contribution in [0, 0.1) is 0 Å². The molecule has 1 aromatic carbocycles. The van der Waals surface area contributed by atoms with Crippen molar-refractivity contribution in [3.05, 3.63) is 35.9 Å². The summed E-state index contributed by atoms with van der Waals surface area (Å²) in [4.78, 5) is 13.9. The monoisotopic (exact) mass is 280 g/mol. The van der Waals surface area contributed by atoms with Gasteiger partial charge >= 0.3 is 6.03 Å². The maximum Gasteiger partial charge on any atom is 0.319 e. The fourth-order valence-electron chi connectivity index (χ4n) is 1.70. The van der Waals surface area contributed by atoms with Gasteiger partial charge in [0.05, 0.1) is 13.2 Å². The third-order valence-electron chi connectivity index (χ3n) is 2.84. The molecule has 0 aliphatic carbocycles. The maximum absolute atomic E-state index is 12.1. The molecule has 2 amide bonds.